The first kappa shape index (κ1) is 10.4. The first-order valence-electron chi connectivity index (χ1n) is 3.16. The van der Waals surface area contributed by atoms with Crippen LogP contribution in [0.2, 0.25) is 0 Å². The van der Waals surface area contributed by atoms with Crippen LogP contribution in [-0.4, -0.2) is 24.6 Å². The van der Waals surface area contributed by atoms with Crippen molar-refractivity contribution in [2.45, 2.75) is 26.1 Å². The highest BCUT2D eigenvalue weighted by molar-refractivity contribution is 5.90. The summed E-state index contributed by atoms with van der Waals surface area (Å²) in [5, 5.41) is 6.60. The first-order chi connectivity index (χ1) is 4.89. The van der Waals surface area contributed by atoms with Gasteiger partial charge in [-0.2, -0.15) is 13.2 Å². The molecule has 0 rings (SSSR count). The van der Waals surface area contributed by atoms with Crippen LogP contribution in [0.5, 0.6) is 0 Å². The highest BCUT2D eigenvalue weighted by atomic mass is 19.4. The Labute approximate surface area is 62.9 Å². The van der Waals surface area contributed by atoms with Crippen LogP contribution in [-0.2, 0) is 4.74 Å². The van der Waals surface area contributed by atoms with Gasteiger partial charge in [0.05, 0.1) is 0 Å². The minimum atomic E-state index is -4.56. The Bertz CT molecular complexity index is 143. The fraction of sp³-hybridized carbons (Fsp3) is 0.833. The van der Waals surface area contributed by atoms with E-state index in [0.717, 1.165) is 0 Å². The molecule has 0 saturated carbocycles. The number of rotatable bonds is 3. The number of nitrogens with one attached hydrogen (secondary N) is 1. The fourth-order valence-corrected chi connectivity index (χ4v) is 0.564. The second-order valence-electron chi connectivity index (χ2n) is 2.01. The summed E-state index contributed by atoms with van der Waals surface area (Å²) < 4.78 is 39.7. The molecule has 0 heterocycles. The molecule has 0 saturated heterocycles. The van der Waals surface area contributed by atoms with Gasteiger partial charge in [-0.25, -0.2) is 0 Å². The van der Waals surface area contributed by atoms with Gasteiger partial charge in [0.1, 0.15) is 11.8 Å². The summed E-state index contributed by atoms with van der Waals surface area (Å²) in [5.74, 6) is 0. The molecular weight excluding hydrogens is 159 g/mol. The van der Waals surface area contributed by atoms with Crippen LogP contribution in [0.1, 0.15) is 13.8 Å². The lowest BCUT2D eigenvalue weighted by Crippen LogP contribution is -2.33. The van der Waals surface area contributed by atoms with Crippen LogP contribution in [0.15, 0.2) is 0 Å². The third-order valence-electron chi connectivity index (χ3n) is 1.13. The topological polar surface area (TPSA) is 33.1 Å². The third-order valence-corrected chi connectivity index (χ3v) is 1.13. The van der Waals surface area contributed by atoms with Crippen molar-refractivity contribution in [3.63, 3.8) is 0 Å². The van der Waals surface area contributed by atoms with Crippen molar-refractivity contribution in [2.75, 3.05) is 6.61 Å². The van der Waals surface area contributed by atoms with Crippen molar-refractivity contribution < 1.29 is 17.9 Å². The van der Waals surface area contributed by atoms with Crippen molar-refractivity contribution in [1.29, 1.82) is 5.41 Å². The largest absolute Gasteiger partial charge is 0.431 e. The molecular formula is C6H10F3NO. The minimum absolute atomic E-state index is 0.180. The van der Waals surface area contributed by atoms with Gasteiger partial charge >= 0.3 is 6.18 Å². The first-order valence-corrected chi connectivity index (χ1v) is 3.16. The van der Waals surface area contributed by atoms with E-state index in [2.05, 4.69) is 4.74 Å². The van der Waals surface area contributed by atoms with E-state index in [0.29, 0.717) is 0 Å². The van der Waals surface area contributed by atoms with Crippen molar-refractivity contribution in [2.24, 2.45) is 0 Å². The highest BCUT2D eigenvalue weighted by Gasteiger charge is 2.37. The molecule has 1 atom stereocenters. The lowest BCUT2D eigenvalue weighted by molar-refractivity contribution is -0.0695. The maximum absolute atomic E-state index is 11.7. The van der Waals surface area contributed by atoms with E-state index in [1.165, 1.54) is 6.92 Å². The van der Waals surface area contributed by atoms with Gasteiger partial charge in [0.2, 0.25) is 0 Å². The fourth-order valence-electron chi connectivity index (χ4n) is 0.564. The third kappa shape index (κ3) is 3.36. The van der Waals surface area contributed by atoms with Gasteiger partial charge in [-0.15, -0.1) is 0 Å². The smallest absolute Gasteiger partial charge is 0.373 e. The molecule has 0 amide bonds. The monoisotopic (exact) mass is 169 g/mol. The predicted octanol–water partition coefficient (Wildman–Crippen LogP) is 1.99. The Morgan fingerprint density at radius 1 is 1.55 bits per heavy atom. The molecule has 0 aromatic heterocycles. The van der Waals surface area contributed by atoms with E-state index in [-0.39, 0.29) is 6.61 Å². The predicted molar refractivity (Wildman–Crippen MR) is 34.9 cm³/mol. The average molecular weight is 169 g/mol. The van der Waals surface area contributed by atoms with Crippen molar-refractivity contribution >= 4 is 5.71 Å². The Balaban J connectivity index is 4.03. The summed E-state index contributed by atoms with van der Waals surface area (Å²) in [5.41, 5.74) is -1.33. The van der Waals surface area contributed by atoms with Crippen molar-refractivity contribution in [3.05, 3.63) is 0 Å². The molecule has 0 bridgehead atoms. The number of hydrogen-bond acceptors (Lipinski definition) is 2. The molecule has 11 heavy (non-hydrogen) atoms. The van der Waals surface area contributed by atoms with Gasteiger partial charge in [0.25, 0.3) is 0 Å². The van der Waals surface area contributed by atoms with Gasteiger partial charge < -0.3 is 4.74 Å². The average Bonchev–Trinajstić information content (AvgIpc) is 1.85. The zero-order valence-corrected chi connectivity index (χ0v) is 6.33. The van der Waals surface area contributed by atoms with Crippen LogP contribution < -0.4 is 0 Å². The Morgan fingerprint density at radius 3 is 2.27 bits per heavy atom. The normalized spacial score (nSPS) is 14.6. The Kier molecular flexibility index (Phi) is 3.51. The van der Waals surface area contributed by atoms with Crippen molar-refractivity contribution in [3.8, 4) is 0 Å². The maximum Gasteiger partial charge on any atom is 0.431 e. The number of alkyl halides is 3. The molecule has 0 aliphatic heterocycles. The van der Waals surface area contributed by atoms with Crippen molar-refractivity contribution in [1.82, 2.24) is 0 Å². The standard InChI is InChI=1S/C6H10F3NO/c1-3-11-4(2)5(10)6(7,8)9/h4,10H,3H2,1-2H3. The van der Waals surface area contributed by atoms with Gasteiger partial charge in [0.15, 0.2) is 0 Å². The van der Waals surface area contributed by atoms with Gasteiger partial charge in [0, 0.05) is 6.61 Å². The van der Waals surface area contributed by atoms with E-state index in [1.54, 1.807) is 6.92 Å². The molecule has 0 fully saturated rings. The number of hydrogen-bond donors (Lipinski definition) is 1. The summed E-state index contributed by atoms with van der Waals surface area (Å²) >= 11 is 0. The quantitative estimate of drug-likeness (QED) is 0.644. The highest BCUT2D eigenvalue weighted by Crippen LogP contribution is 2.19. The Morgan fingerprint density at radius 2 is 2.00 bits per heavy atom. The molecule has 0 radical (unpaired) electrons. The number of ether oxygens (including phenoxy) is 1. The molecule has 5 heteroatoms. The van der Waals surface area contributed by atoms with E-state index >= 15 is 0 Å². The van der Waals surface area contributed by atoms with Crippen LogP contribution in [0.3, 0.4) is 0 Å². The van der Waals surface area contributed by atoms with E-state index in [4.69, 9.17) is 5.41 Å². The SMILES string of the molecule is CCOC(C)C(=N)C(F)(F)F. The van der Waals surface area contributed by atoms with Crippen LogP contribution in [0.25, 0.3) is 0 Å². The summed E-state index contributed by atoms with van der Waals surface area (Å²) in [6.07, 6.45) is -5.73. The number of halogens is 3. The van der Waals surface area contributed by atoms with Crippen LogP contribution in [0, 0.1) is 5.41 Å². The van der Waals surface area contributed by atoms with E-state index < -0.39 is 18.0 Å². The molecule has 2 nitrogen and oxygen atoms in total. The molecule has 0 aromatic rings. The van der Waals surface area contributed by atoms with E-state index in [1.807, 2.05) is 0 Å². The molecule has 0 aliphatic carbocycles. The van der Waals surface area contributed by atoms with Gasteiger partial charge in [-0.05, 0) is 13.8 Å². The zero-order valence-electron chi connectivity index (χ0n) is 6.33. The molecule has 0 aromatic carbocycles. The maximum atomic E-state index is 11.7. The van der Waals surface area contributed by atoms with Gasteiger partial charge in [-0.1, -0.05) is 0 Å². The summed E-state index contributed by atoms with van der Waals surface area (Å²) in [6.45, 7) is 2.97. The lowest BCUT2D eigenvalue weighted by Gasteiger charge is -2.14. The summed E-state index contributed by atoms with van der Waals surface area (Å²) in [6, 6.07) is 0. The van der Waals surface area contributed by atoms with E-state index in [9.17, 15) is 13.2 Å². The lowest BCUT2D eigenvalue weighted by atomic mass is 10.2. The summed E-state index contributed by atoms with van der Waals surface area (Å²) in [7, 11) is 0. The molecule has 0 aliphatic rings. The molecule has 1 unspecified atom stereocenters. The van der Waals surface area contributed by atoms with Crippen LogP contribution in [0.4, 0.5) is 13.2 Å². The second kappa shape index (κ2) is 3.71. The Hall–Kier alpha value is -0.580. The molecule has 1 N–H and O–H groups in total. The molecule has 66 valence electrons. The van der Waals surface area contributed by atoms with Gasteiger partial charge in [-0.3, -0.25) is 5.41 Å². The van der Waals surface area contributed by atoms with Crippen LogP contribution >= 0.6 is 0 Å². The zero-order chi connectivity index (χ0) is 9.07. The summed E-state index contributed by atoms with van der Waals surface area (Å²) in [4.78, 5) is 0. The molecule has 0 spiro atoms. The minimum Gasteiger partial charge on any atom is -0.373 e. The second-order valence-corrected chi connectivity index (χ2v) is 2.01.